The molecule has 3 rings (SSSR count). The van der Waals surface area contributed by atoms with Crippen LogP contribution in [-0.4, -0.2) is 20.2 Å². The van der Waals surface area contributed by atoms with E-state index in [1.54, 1.807) is 12.4 Å². The second-order valence-corrected chi connectivity index (χ2v) is 3.19. The highest BCUT2D eigenvalue weighted by Gasteiger charge is 2.01. The minimum Gasteiger partial charge on any atom is -0.278 e. The molecular weight excluding hydrogens is 188 g/mol. The molecule has 0 saturated heterocycles. The van der Waals surface area contributed by atoms with Crippen molar-refractivity contribution in [2.45, 2.75) is 0 Å². The second kappa shape index (κ2) is 3.16. The number of hydrogen-bond acceptors (Lipinski definition) is 3. The lowest BCUT2D eigenvalue weighted by atomic mass is 10.1. The van der Waals surface area contributed by atoms with Gasteiger partial charge in [-0.15, -0.1) is 0 Å². The van der Waals surface area contributed by atoms with E-state index in [1.165, 1.54) is 6.33 Å². The summed E-state index contributed by atoms with van der Waals surface area (Å²) in [6, 6.07) is 8.99. The molecule has 0 fully saturated rings. The molecule has 15 heavy (non-hydrogen) atoms. The maximum atomic E-state index is 4.14. The summed E-state index contributed by atoms with van der Waals surface area (Å²) >= 11 is 0. The van der Waals surface area contributed by atoms with Crippen LogP contribution in [0.1, 0.15) is 0 Å². The van der Waals surface area contributed by atoms with Crippen LogP contribution >= 0.6 is 0 Å². The second-order valence-electron chi connectivity index (χ2n) is 3.19. The average Bonchev–Trinajstić information content (AvgIpc) is 2.77. The Morgan fingerprint density at radius 2 is 2.27 bits per heavy atom. The van der Waals surface area contributed by atoms with Crippen LogP contribution in [0.2, 0.25) is 0 Å². The van der Waals surface area contributed by atoms with Crippen LogP contribution in [0.15, 0.2) is 36.9 Å². The van der Waals surface area contributed by atoms with E-state index in [4.69, 9.17) is 0 Å². The summed E-state index contributed by atoms with van der Waals surface area (Å²) in [6.07, 6.45) is 4.92. The van der Waals surface area contributed by atoms with Crippen molar-refractivity contribution >= 4 is 10.9 Å². The third kappa shape index (κ3) is 1.36. The smallest absolute Gasteiger partial charge is 0.116 e. The minimum atomic E-state index is 0.793. The average molecular weight is 195 g/mol. The first-order chi connectivity index (χ1) is 7.43. The van der Waals surface area contributed by atoms with Gasteiger partial charge in [-0.1, -0.05) is 12.1 Å². The lowest BCUT2D eigenvalue weighted by molar-refractivity contribution is 1.12. The molecule has 4 heteroatoms. The van der Waals surface area contributed by atoms with Crippen molar-refractivity contribution in [3.8, 4) is 11.3 Å². The van der Waals surface area contributed by atoms with Crippen LogP contribution in [0.4, 0.5) is 0 Å². The maximum Gasteiger partial charge on any atom is 0.116 e. The third-order valence-electron chi connectivity index (χ3n) is 2.24. The van der Waals surface area contributed by atoms with Crippen LogP contribution in [0, 0.1) is 6.07 Å². The molecule has 71 valence electrons. The van der Waals surface area contributed by atoms with E-state index in [9.17, 15) is 0 Å². The van der Waals surface area contributed by atoms with E-state index in [0.29, 0.717) is 0 Å². The number of fused-ring (bicyclic) bond motifs is 1. The van der Waals surface area contributed by atoms with Gasteiger partial charge in [-0.25, -0.2) is 9.97 Å². The van der Waals surface area contributed by atoms with Crippen molar-refractivity contribution in [2.24, 2.45) is 0 Å². The Hall–Kier alpha value is -2.23. The molecule has 0 atom stereocenters. The van der Waals surface area contributed by atoms with E-state index in [0.717, 1.165) is 22.2 Å². The van der Waals surface area contributed by atoms with Crippen LogP contribution in [0.25, 0.3) is 22.2 Å². The highest BCUT2D eigenvalue weighted by molar-refractivity contribution is 5.82. The molecule has 0 aliphatic heterocycles. The van der Waals surface area contributed by atoms with Crippen molar-refractivity contribution in [1.82, 2.24) is 20.2 Å². The topological polar surface area (TPSA) is 54.5 Å². The summed E-state index contributed by atoms with van der Waals surface area (Å²) in [5.41, 5.74) is 2.80. The van der Waals surface area contributed by atoms with Gasteiger partial charge in [-0.2, -0.15) is 5.10 Å². The summed E-state index contributed by atoms with van der Waals surface area (Å²) in [4.78, 5) is 7.98. The summed E-state index contributed by atoms with van der Waals surface area (Å²) in [5.74, 6) is 0. The van der Waals surface area contributed by atoms with Crippen molar-refractivity contribution in [3.63, 3.8) is 0 Å². The molecule has 0 unspecified atom stereocenters. The van der Waals surface area contributed by atoms with Gasteiger partial charge in [0.1, 0.15) is 6.33 Å². The fraction of sp³-hybridized carbons (Fsp3) is 0. The number of rotatable bonds is 1. The number of aromatic nitrogens is 4. The molecule has 1 radical (unpaired) electrons. The van der Waals surface area contributed by atoms with Gasteiger partial charge in [0.25, 0.3) is 0 Å². The van der Waals surface area contributed by atoms with Gasteiger partial charge in [0, 0.05) is 23.2 Å². The Labute approximate surface area is 86.0 Å². The first-order valence-corrected chi connectivity index (χ1v) is 4.55. The van der Waals surface area contributed by atoms with Gasteiger partial charge in [-0.05, 0) is 6.07 Å². The molecule has 3 aromatic rings. The van der Waals surface area contributed by atoms with Crippen molar-refractivity contribution in [3.05, 3.63) is 43.0 Å². The van der Waals surface area contributed by atoms with Crippen LogP contribution in [-0.2, 0) is 0 Å². The number of H-pyrrole nitrogens is 1. The van der Waals surface area contributed by atoms with E-state index in [1.807, 2.05) is 18.2 Å². The van der Waals surface area contributed by atoms with Gasteiger partial charge in [0.15, 0.2) is 0 Å². The van der Waals surface area contributed by atoms with Crippen molar-refractivity contribution in [1.29, 1.82) is 0 Å². The fourth-order valence-electron chi connectivity index (χ4n) is 1.50. The Kier molecular flexibility index (Phi) is 1.71. The van der Waals surface area contributed by atoms with E-state index in [-0.39, 0.29) is 0 Å². The molecule has 4 nitrogen and oxygen atoms in total. The standard InChI is InChI=1S/C11H7N4/c1-2-9-6-14-15-11(9)5-8(1)10-3-4-12-7-13-10/h1-2,4-7H,(H,14,15). The molecule has 0 spiro atoms. The fourth-order valence-corrected chi connectivity index (χ4v) is 1.50. The number of nitrogens with zero attached hydrogens (tertiary/aromatic N) is 3. The van der Waals surface area contributed by atoms with Gasteiger partial charge < -0.3 is 0 Å². The monoisotopic (exact) mass is 195 g/mol. The highest BCUT2D eigenvalue weighted by Crippen LogP contribution is 2.20. The SMILES string of the molecule is [c]1cncnc1-c1ccc2cn[nH]c2c1. The third-order valence-corrected chi connectivity index (χ3v) is 2.24. The number of hydrogen-bond donors (Lipinski definition) is 1. The van der Waals surface area contributed by atoms with Crippen LogP contribution in [0.5, 0.6) is 0 Å². The Balaban J connectivity index is 2.19. The van der Waals surface area contributed by atoms with E-state index in [2.05, 4.69) is 26.2 Å². The number of aromatic amines is 1. The zero-order valence-corrected chi connectivity index (χ0v) is 7.81. The normalized spacial score (nSPS) is 10.7. The van der Waals surface area contributed by atoms with E-state index >= 15 is 0 Å². The van der Waals surface area contributed by atoms with Crippen molar-refractivity contribution in [2.75, 3.05) is 0 Å². The van der Waals surface area contributed by atoms with E-state index < -0.39 is 0 Å². The lowest BCUT2D eigenvalue weighted by Crippen LogP contribution is -1.84. The minimum absolute atomic E-state index is 0.793. The van der Waals surface area contributed by atoms with Crippen LogP contribution in [0.3, 0.4) is 0 Å². The largest absolute Gasteiger partial charge is 0.278 e. The highest BCUT2D eigenvalue weighted by atomic mass is 15.1. The number of nitrogens with one attached hydrogen (secondary N) is 1. The zero-order chi connectivity index (χ0) is 10.1. The first kappa shape index (κ1) is 8.11. The molecule has 0 bridgehead atoms. The predicted molar refractivity (Wildman–Crippen MR) is 56.0 cm³/mol. The number of benzene rings is 1. The molecule has 0 amide bonds. The molecule has 2 aromatic heterocycles. The Morgan fingerprint density at radius 1 is 1.27 bits per heavy atom. The zero-order valence-electron chi connectivity index (χ0n) is 7.81. The van der Waals surface area contributed by atoms with Gasteiger partial charge in [0.2, 0.25) is 0 Å². The first-order valence-electron chi connectivity index (χ1n) is 4.55. The molecular formula is C11H7N4. The summed E-state index contributed by atoms with van der Waals surface area (Å²) in [7, 11) is 0. The molecule has 0 saturated carbocycles. The van der Waals surface area contributed by atoms with Gasteiger partial charge >= 0.3 is 0 Å². The molecule has 0 aliphatic carbocycles. The van der Waals surface area contributed by atoms with Gasteiger partial charge in [-0.3, -0.25) is 5.10 Å². The molecule has 1 N–H and O–H groups in total. The molecule has 1 aromatic carbocycles. The van der Waals surface area contributed by atoms with Gasteiger partial charge in [0.05, 0.1) is 17.4 Å². The Morgan fingerprint density at radius 3 is 3.13 bits per heavy atom. The summed E-state index contributed by atoms with van der Waals surface area (Å²) < 4.78 is 0. The predicted octanol–water partition coefficient (Wildman–Crippen LogP) is 1.82. The Bertz CT molecular complexity index is 586. The van der Waals surface area contributed by atoms with Crippen molar-refractivity contribution < 1.29 is 0 Å². The molecule has 0 aliphatic rings. The summed E-state index contributed by atoms with van der Waals surface area (Å²) in [5, 5.41) is 7.98. The summed E-state index contributed by atoms with van der Waals surface area (Å²) in [6.45, 7) is 0. The quantitative estimate of drug-likeness (QED) is 0.644. The maximum absolute atomic E-state index is 4.14. The lowest BCUT2D eigenvalue weighted by Gasteiger charge is -1.98. The van der Waals surface area contributed by atoms with Crippen LogP contribution < -0.4 is 0 Å². The molecule has 2 heterocycles.